The minimum absolute atomic E-state index is 0.0903. The van der Waals surface area contributed by atoms with Crippen molar-refractivity contribution >= 4 is 43.8 Å². The van der Waals surface area contributed by atoms with E-state index in [1.165, 1.54) is 25.5 Å². The Kier molecular flexibility index (Phi) is 6.69. The number of hydrazone groups is 1. The van der Waals surface area contributed by atoms with Gasteiger partial charge in [0.05, 0.1) is 24.4 Å². The van der Waals surface area contributed by atoms with Crippen LogP contribution in [0.4, 0.5) is 0 Å². The second-order valence-electron chi connectivity index (χ2n) is 4.77. The second-order valence-corrected chi connectivity index (χ2v) is 7.69. The van der Waals surface area contributed by atoms with Crippen LogP contribution in [-0.4, -0.2) is 28.3 Å². The molecule has 2 aromatic carbocycles. The summed E-state index contributed by atoms with van der Waals surface area (Å²) in [5.74, 6) is 0.875. The molecule has 134 valence electrons. The van der Waals surface area contributed by atoms with E-state index >= 15 is 0 Å². The first kappa shape index (κ1) is 19.6. The van der Waals surface area contributed by atoms with Gasteiger partial charge in [0.15, 0.2) is 0 Å². The highest BCUT2D eigenvalue weighted by Crippen LogP contribution is 2.27. The molecule has 0 saturated carbocycles. The Labute approximate surface area is 160 Å². The van der Waals surface area contributed by atoms with Gasteiger partial charge in [-0.3, -0.25) is 0 Å². The van der Waals surface area contributed by atoms with Crippen molar-refractivity contribution < 1.29 is 17.9 Å². The van der Waals surface area contributed by atoms with Crippen LogP contribution in [0.25, 0.3) is 0 Å². The molecule has 6 nitrogen and oxygen atoms in total. The zero-order chi connectivity index (χ0) is 18.4. The third-order valence-corrected chi connectivity index (χ3v) is 5.16. The summed E-state index contributed by atoms with van der Waals surface area (Å²) in [5.41, 5.74) is 0.691. The molecule has 0 aromatic heterocycles. The molecule has 0 bridgehead atoms. The Morgan fingerprint density at radius 3 is 2.60 bits per heavy atom. The van der Waals surface area contributed by atoms with E-state index in [0.717, 1.165) is 4.47 Å². The minimum Gasteiger partial charge on any atom is -0.495 e. The van der Waals surface area contributed by atoms with E-state index in [9.17, 15) is 8.42 Å². The van der Waals surface area contributed by atoms with Crippen molar-refractivity contribution in [3.63, 3.8) is 0 Å². The number of hydrogen-bond acceptors (Lipinski definition) is 5. The van der Waals surface area contributed by atoms with Crippen LogP contribution < -0.4 is 14.3 Å². The van der Waals surface area contributed by atoms with Crippen LogP contribution in [0.1, 0.15) is 12.5 Å². The highest BCUT2D eigenvalue weighted by Gasteiger charge is 2.19. The highest BCUT2D eigenvalue weighted by atomic mass is 79.9. The van der Waals surface area contributed by atoms with Crippen molar-refractivity contribution in [2.45, 2.75) is 11.8 Å². The molecule has 0 heterocycles. The monoisotopic (exact) mass is 446 g/mol. The summed E-state index contributed by atoms with van der Waals surface area (Å²) >= 11 is 9.25. The largest absolute Gasteiger partial charge is 0.495 e. The molecule has 9 heteroatoms. The first-order valence-electron chi connectivity index (χ1n) is 7.18. The van der Waals surface area contributed by atoms with Gasteiger partial charge in [-0.25, -0.2) is 0 Å². The number of nitrogens with one attached hydrogen (secondary N) is 1. The number of ether oxygens (including phenoxy) is 2. The van der Waals surface area contributed by atoms with Gasteiger partial charge in [0.1, 0.15) is 16.4 Å². The molecule has 0 unspecified atom stereocenters. The maximum atomic E-state index is 12.4. The lowest BCUT2D eigenvalue weighted by atomic mass is 10.2. The topological polar surface area (TPSA) is 77.0 Å². The van der Waals surface area contributed by atoms with Crippen molar-refractivity contribution in [2.24, 2.45) is 5.10 Å². The SMILES string of the molecule is CCOc1ccc(/C=N/NS(=O)(=O)c2cc(Cl)ccc2OC)cc1Br. The number of halogens is 2. The highest BCUT2D eigenvalue weighted by molar-refractivity contribution is 9.10. The fourth-order valence-corrected chi connectivity index (χ4v) is 3.69. The zero-order valence-corrected chi connectivity index (χ0v) is 16.7. The van der Waals surface area contributed by atoms with Crippen LogP contribution in [0.2, 0.25) is 5.02 Å². The third-order valence-electron chi connectivity index (χ3n) is 3.06. The summed E-state index contributed by atoms with van der Waals surface area (Å²) < 4.78 is 36.0. The Hall–Kier alpha value is -1.77. The van der Waals surface area contributed by atoms with E-state index in [0.29, 0.717) is 17.9 Å². The lowest BCUT2D eigenvalue weighted by molar-refractivity contribution is 0.338. The average Bonchev–Trinajstić information content (AvgIpc) is 2.57. The predicted octanol–water partition coefficient (Wildman–Crippen LogP) is 3.82. The molecule has 0 amide bonds. The van der Waals surface area contributed by atoms with Crippen LogP contribution >= 0.6 is 27.5 Å². The van der Waals surface area contributed by atoms with Gasteiger partial charge in [0.25, 0.3) is 10.0 Å². The third kappa shape index (κ3) is 5.10. The smallest absolute Gasteiger partial charge is 0.280 e. The maximum absolute atomic E-state index is 12.4. The van der Waals surface area contributed by atoms with Gasteiger partial charge in [-0.1, -0.05) is 11.6 Å². The molecular weight excluding hydrogens is 432 g/mol. The van der Waals surface area contributed by atoms with Crippen LogP contribution in [0.15, 0.2) is 50.9 Å². The van der Waals surface area contributed by atoms with Gasteiger partial charge < -0.3 is 9.47 Å². The minimum atomic E-state index is -3.92. The fraction of sp³-hybridized carbons (Fsp3) is 0.188. The zero-order valence-electron chi connectivity index (χ0n) is 13.5. The summed E-state index contributed by atoms with van der Waals surface area (Å²) in [4.78, 5) is 2.05. The average molecular weight is 448 g/mol. The Bertz CT molecular complexity index is 888. The van der Waals surface area contributed by atoms with Gasteiger partial charge >= 0.3 is 0 Å². The normalized spacial score (nSPS) is 11.5. The van der Waals surface area contributed by atoms with Crippen molar-refractivity contribution in [1.29, 1.82) is 0 Å². The molecule has 0 aliphatic carbocycles. The molecule has 0 fully saturated rings. The standard InChI is InChI=1S/C16H16BrClN2O4S/c1-3-24-14-6-4-11(8-13(14)17)10-19-20-25(21,22)16-9-12(18)5-7-15(16)23-2/h4-10,20H,3H2,1-2H3/b19-10+. The van der Waals surface area contributed by atoms with Crippen molar-refractivity contribution in [3.8, 4) is 11.5 Å². The Balaban J connectivity index is 2.18. The molecule has 0 radical (unpaired) electrons. The number of hydrogen-bond donors (Lipinski definition) is 1. The molecule has 0 aliphatic heterocycles. The second kappa shape index (κ2) is 8.55. The molecule has 0 spiro atoms. The van der Waals surface area contributed by atoms with Gasteiger partial charge in [0, 0.05) is 5.02 Å². The van der Waals surface area contributed by atoms with E-state index < -0.39 is 10.0 Å². The van der Waals surface area contributed by atoms with Crippen molar-refractivity contribution in [2.75, 3.05) is 13.7 Å². The summed E-state index contributed by atoms with van der Waals surface area (Å²) in [7, 11) is -2.54. The first-order chi connectivity index (χ1) is 11.9. The molecule has 0 aliphatic rings. The van der Waals surface area contributed by atoms with Crippen LogP contribution in [0, 0.1) is 0 Å². The number of rotatable bonds is 7. The van der Waals surface area contributed by atoms with Gasteiger partial charge in [-0.2, -0.15) is 18.4 Å². The lowest BCUT2D eigenvalue weighted by Crippen LogP contribution is -2.19. The summed E-state index contributed by atoms with van der Waals surface area (Å²) in [6.45, 7) is 2.44. The Morgan fingerprint density at radius 1 is 1.24 bits per heavy atom. The van der Waals surface area contributed by atoms with E-state index in [1.54, 1.807) is 24.3 Å². The number of methoxy groups -OCH3 is 1. The van der Waals surface area contributed by atoms with Crippen LogP contribution in [0.5, 0.6) is 11.5 Å². The molecule has 0 saturated heterocycles. The summed E-state index contributed by atoms with van der Waals surface area (Å²) in [5, 5.41) is 4.07. The van der Waals surface area contributed by atoms with Gasteiger partial charge in [-0.15, -0.1) is 0 Å². The lowest BCUT2D eigenvalue weighted by Gasteiger charge is -2.09. The van der Waals surface area contributed by atoms with E-state index in [2.05, 4.69) is 25.9 Å². The summed E-state index contributed by atoms with van der Waals surface area (Å²) in [6.07, 6.45) is 1.38. The van der Waals surface area contributed by atoms with Gasteiger partial charge in [-0.05, 0) is 64.8 Å². The molecule has 25 heavy (non-hydrogen) atoms. The number of benzene rings is 2. The number of sulfonamides is 1. The molecule has 1 N–H and O–H groups in total. The summed E-state index contributed by atoms with van der Waals surface area (Å²) in [6, 6.07) is 9.61. The quantitative estimate of drug-likeness (QED) is 0.517. The first-order valence-corrected chi connectivity index (χ1v) is 9.83. The molecular formula is C16H16BrClN2O4S. The maximum Gasteiger partial charge on any atom is 0.280 e. The van der Waals surface area contributed by atoms with E-state index in [4.69, 9.17) is 21.1 Å². The van der Waals surface area contributed by atoms with Crippen molar-refractivity contribution in [1.82, 2.24) is 4.83 Å². The van der Waals surface area contributed by atoms with Crippen LogP contribution in [0.3, 0.4) is 0 Å². The molecule has 2 aromatic rings. The van der Waals surface area contributed by atoms with E-state index in [1.807, 2.05) is 6.92 Å². The van der Waals surface area contributed by atoms with E-state index in [-0.39, 0.29) is 15.7 Å². The van der Waals surface area contributed by atoms with Gasteiger partial charge in [0.2, 0.25) is 0 Å². The Morgan fingerprint density at radius 2 is 1.96 bits per heavy atom. The van der Waals surface area contributed by atoms with Crippen LogP contribution in [-0.2, 0) is 10.0 Å². The predicted molar refractivity (Wildman–Crippen MR) is 101 cm³/mol. The molecule has 0 atom stereocenters. The molecule has 2 rings (SSSR count). The fourth-order valence-electron chi connectivity index (χ4n) is 1.95. The van der Waals surface area contributed by atoms with Crippen molar-refractivity contribution in [3.05, 3.63) is 51.5 Å². The number of nitrogens with zero attached hydrogens (tertiary/aromatic N) is 1.